The molecular weight excluding hydrogens is 139 g/mol. The van der Waals surface area contributed by atoms with E-state index in [0.717, 1.165) is 12.8 Å². The molecule has 1 N–H and O–H groups in total. The van der Waals surface area contributed by atoms with Gasteiger partial charge in [-0.3, -0.25) is 0 Å². The van der Waals surface area contributed by atoms with E-state index in [4.69, 9.17) is 5.11 Å². The Kier molecular flexibility index (Phi) is 9.27. The third-order valence-electron chi connectivity index (χ3n) is 1.14. The van der Waals surface area contributed by atoms with Crippen LogP contribution < -0.4 is 51.4 Å². The fourth-order valence-electron chi connectivity index (χ4n) is 0.609. The molecule has 0 aliphatic heterocycles. The number of hydrogen-bond donors (Lipinski definition) is 1. The van der Waals surface area contributed by atoms with Crippen molar-refractivity contribution < 1.29 is 57.9 Å². The molecule has 0 saturated carbocycles. The summed E-state index contributed by atoms with van der Waals surface area (Å²) in [5.41, 5.74) is -0.448. The molecule has 0 unspecified atom stereocenters. The predicted molar refractivity (Wildman–Crippen MR) is 36.9 cm³/mol. The first-order valence-electron chi connectivity index (χ1n) is 3.28. The first kappa shape index (κ1) is 13.2. The van der Waals surface area contributed by atoms with Crippen LogP contribution in [0.2, 0.25) is 0 Å². The maximum Gasteiger partial charge on any atom is 1.00 e. The van der Waals surface area contributed by atoms with Crippen LogP contribution in [0.4, 0.5) is 0 Å². The Morgan fingerprint density at radius 1 is 1.44 bits per heavy atom. The number of rotatable bonds is 3. The third kappa shape index (κ3) is 12.7. The van der Waals surface area contributed by atoms with Gasteiger partial charge in [-0.15, -0.1) is 0 Å². The zero-order chi connectivity index (χ0) is 6.62. The summed E-state index contributed by atoms with van der Waals surface area (Å²) in [7, 11) is 0. The van der Waals surface area contributed by atoms with Gasteiger partial charge < -0.3 is 6.53 Å². The first-order valence-corrected chi connectivity index (χ1v) is 3.28. The van der Waals surface area contributed by atoms with E-state index < -0.39 is 5.60 Å². The molecule has 0 aromatic carbocycles. The molecule has 0 bridgehead atoms. The fourth-order valence-corrected chi connectivity index (χ4v) is 0.609. The van der Waals surface area contributed by atoms with Crippen molar-refractivity contribution in [2.45, 2.75) is 45.6 Å². The molecule has 0 amide bonds. The molecule has 0 spiro atoms. The molecule has 0 atom stereocenters. The molecule has 0 radical (unpaired) electrons. The Balaban J connectivity index is -0.000000245. The second kappa shape index (κ2) is 6.32. The molecule has 2 heteroatoms. The average Bonchev–Trinajstić information content (AvgIpc) is 1.59. The van der Waals surface area contributed by atoms with E-state index in [1.54, 1.807) is 0 Å². The van der Waals surface area contributed by atoms with Crippen LogP contribution in [0.15, 0.2) is 0 Å². The van der Waals surface area contributed by atoms with Crippen LogP contribution in [0.25, 0.3) is 0 Å². The van der Waals surface area contributed by atoms with Crippen LogP contribution in [-0.4, -0.2) is 10.7 Å². The van der Waals surface area contributed by atoms with Crippen molar-refractivity contribution in [2.24, 2.45) is 0 Å². The van der Waals surface area contributed by atoms with Crippen molar-refractivity contribution in [3.05, 3.63) is 0 Å². The van der Waals surface area contributed by atoms with Crippen LogP contribution in [0.1, 0.15) is 41.5 Å². The van der Waals surface area contributed by atoms with Crippen molar-refractivity contribution in [2.75, 3.05) is 0 Å². The van der Waals surface area contributed by atoms with E-state index in [0.29, 0.717) is 0 Å². The zero-order valence-corrected chi connectivity index (χ0v) is 10.2. The summed E-state index contributed by atoms with van der Waals surface area (Å²) in [6.07, 6.45) is 3.22. The molecule has 0 heterocycles. The summed E-state index contributed by atoms with van der Waals surface area (Å²) in [6, 6.07) is 0. The summed E-state index contributed by atoms with van der Waals surface area (Å²) in [5, 5.41) is 9.15. The van der Waals surface area contributed by atoms with E-state index in [2.05, 4.69) is 6.92 Å². The molecule has 0 aliphatic carbocycles. The van der Waals surface area contributed by atoms with Gasteiger partial charge in [-0.1, -0.05) is 19.8 Å². The van der Waals surface area contributed by atoms with Crippen LogP contribution in [-0.2, 0) is 0 Å². The van der Waals surface area contributed by atoms with Crippen molar-refractivity contribution in [1.29, 1.82) is 0 Å². The van der Waals surface area contributed by atoms with Gasteiger partial charge in [0.2, 0.25) is 0 Å². The number of hydrogen-bond acceptors (Lipinski definition) is 1. The molecule has 0 saturated heterocycles. The first-order chi connectivity index (χ1) is 3.56. The maximum absolute atomic E-state index is 9.15. The zero-order valence-electron chi connectivity index (χ0n) is 8.07. The van der Waals surface area contributed by atoms with Crippen LogP contribution in [0.5, 0.6) is 0 Å². The Labute approximate surface area is 102 Å². The van der Waals surface area contributed by atoms with E-state index in [1.165, 1.54) is 6.42 Å². The molecular formula is C7H17KO. The molecule has 0 aliphatic rings. The number of aliphatic hydroxyl groups is 1. The maximum atomic E-state index is 9.15. The summed E-state index contributed by atoms with van der Waals surface area (Å²) < 4.78 is 0. The standard InChI is InChI=1S/C7H16O.K.H/c1-4-5-6-7(2,3)8;;/h8H,4-6H2,1-3H3;;/q;+1;-1. The summed E-state index contributed by atoms with van der Waals surface area (Å²) in [5.74, 6) is 0. The van der Waals surface area contributed by atoms with Gasteiger partial charge >= 0.3 is 51.4 Å². The minimum atomic E-state index is -0.448. The summed E-state index contributed by atoms with van der Waals surface area (Å²) in [6.45, 7) is 5.83. The van der Waals surface area contributed by atoms with Gasteiger partial charge in [-0.2, -0.15) is 0 Å². The second-order valence-corrected chi connectivity index (χ2v) is 2.92. The van der Waals surface area contributed by atoms with Crippen molar-refractivity contribution in [3.63, 3.8) is 0 Å². The van der Waals surface area contributed by atoms with Gasteiger partial charge in [0, 0.05) is 0 Å². The van der Waals surface area contributed by atoms with Crippen molar-refractivity contribution in [1.82, 2.24) is 0 Å². The van der Waals surface area contributed by atoms with E-state index in [-0.39, 0.29) is 52.8 Å². The van der Waals surface area contributed by atoms with Crippen molar-refractivity contribution in [3.8, 4) is 0 Å². The van der Waals surface area contributed by atoms with Crippen LogP contribution in [0, 0.1) is 0 Å². The minimum absolute atomic E-state index is 0. The van der Waals surface area contributed by atoms with Crippen LogP contribution >= 0.6 is 0 Å². The average molecular weight is 156 g/mol. The Morgan fingerprint density at radius 2 is 1.89 bits per heavy atom. The fraction of sp³-hybridized carbons (Fsp3) is 1.00. The molecule has 0 fully saturated rings. The molecule has 1 nitrogen and oxygen atoms in total. The molecule has 9 heavy (non-hydrogen) atoms. The molecule has 0 rings (SSSR count). The smallest absolute Gasteiger partial charge is 1.00 e. The monoisotopic (exact) mass is 156 g/mol. The van der Waals surface area contributed by atoms with E-state index in [9.17, 15) is 0 Å². The largest absolute Gasteiger partial charge is 1.00 e. The molecule has 52 valence electrons. The Hall–Kier alpha value is 1.60. The SMILES string of the molecule is CCCCC(C)(C)O.[H-].[K+]. The van der Waals surface area contributed by atoms with Gasteiger partial charge in [0.25, 0.3) is 0 Å². The number of unbranched alkanes of at least 4 members (excludes halogenated alkanes) is 1. The normalized spacial score (nSPS) is 10.7. The van der Waals surface area contributed by atoms with Gasteiger partial charge in [-0.05, 0) is 20.3 Å². The van der Waals surface area contributed by atoms with Crippen LogP contribution in [0.3, 0.4) is 0 Å². The van der Waals surface area contributed by atoms with Crippen molar-refractivity contribution >= 4 is 0 Å². The van der Waals surface area contributed by atoms with Gasteiger partial charge in [0.05, 0.1) is 5.60 Å². The minimum Gasteiger partial charge on any atom is -1.00 e. The Bertz CT molecular complexity index is 61.1. The molecule has 0 aromatic heterocycles. The quantitative estimate of drug-likeness (QED) is 0.523. The summed E-state index contributed by atoms with van der Waals surface area (Å²) in [4.78, 5) is 0. The summed E-state index contributed by atoms with van der Waals surface area (Å²) >= 11 is 0. The third-order valence-corrected chi connectivity index (χ3v) is 1.14. The van der Waals surface area contributed by atoms with Gasteiger partial charge in [0.15, 0.2) is 0 Å². The molecule has 0 aromatic rings. The predicted octanol–water partition coefficient (Wildman–Crippen LogP) is -0.936. The van der Waals surface area contributed by atoms with Gasteiger partial charge in [-0.25, -0.2) is 0 Å². The Morgan fingerprint density at radius 3 is 2.00 bits per heavy atom. The van der Waals surface area contributed by atoms with E-state index >= 15 is 0 Å². The second-order valence-electron chi connectivity index (χ2n) is 2.92. The van der Waals surface area contributed by atoms with Gasteiger partial charge in [0.1, 0.15) is 0 Å². The topological polar surface area (TPSA) is 20.2 Å². The van der Waals surface area contributed by atoms with E-state index in [1.807, 2.05) is 13.8 Å².